The Morgan fingerprint density at radius 3 is 2.59 bits per heavy atom. The van der Waals surface area contributed by atoms with Crippen LogP contribution in [0.1, 0.15) is 56.6 Å². The monoisotopic (exact) mass is 665 g/mol. The van der Waals surface area contributed by atoms with Crippen molar-refractivity contribution in [2.45, 2.75) is 51.0 Å². The van der Waals surface area contributed by atoms with Crippen molar-refractivity contribution in [3.05, 3.63) is 58.0 Å². The van der Waals surface area contributed by atoms with Gasteiger partial charge in [-0.05, 0) is 45.2 Å². The van der Waals surface area contributed by atoms with Crippen LogP contribution in [0.4, 0.5) is 5.82 Å². The number of rotatable bonds is 11. The van der Waals surface area contributed by atoms with Gasteiger partial charge in [0, 0.05) is 74.5 Å². The number of halogens is 2. The van der Waals surface area contributed by atoms with Gasteiger partial charge >= 0.3 is 0 Å². The smallest absolute Gasteiger partial charge is 0.162 e. The third-order valence-electron chi connectivity index (χ3n) is 8.52. The van der Waals surface area contributed by atoms with Gasteiger partial charge in [-0.3, -0.25) is 4.98 Å². The molecule has 46 heavy (non-hydrogen) atoms. The fourth-order valence-electron chi connectivity index (χ4n) is 6.24. The lowest BCUT2D eigenvalue weighted by molar-refractivity contribution is -0.0365. The predicted molar refractivity (Wildman–Crippen MR) is 177 cm³/mol. The summed E-state index contributed by atoms with van der Waals surface area (Å²) in [4.78, 5) is 11.0. The first-order chi connectivity index (χ1) is 22.2. The highest BCUT2D eigenvalue weighted by Crippen LogP contribution is 2.42. The van der Waals surface area contributed by atoms with Crippen LogP contribution in [0.5, 0.6) is 11.5 Å². The molecule has 0 radical (unpaired) electrons. The summed E-state index contributed by atoms with van der Waals surface area (Å²) in [5, 5.41) is 20.4. The zero-order chi connectivity index (χ0) is 32.4. The van der Waals surface area contributed by atoms with Crippen LogP contribution in [0.2, 0.25) is 10.0 Å². The third kappa shape index (κ3) is 6.33. The van der Waals surface area contributed by atoms with E-state index >= 15 is 0 Å². The highest BCUT2D eigenvalue weighted by Gasteiger charge is 2.40. The molecule has 4 aromatic rings. The fraction of sp³-hybridized carbons (Fsp3) is 0.455. The lowest BCUT2D eigenvalue weighted by Gasteiger charge is -2.49. The number of ether oxygens (including phenoxy) is 4. The minimum atomic E-state index is -0.508. The molecule has 0 spiro atoms. The number of pyridine rings is 2. The van der Waals surface area contributed by atoms with Crippen LogP contribution in [0, 0.1) is 11.3 Å². The Bertz CT molecular complexity index is 1740. The van der Waals surface area contributed by atoms with Crippen molar-refractivity contribution in [2.75, 3.05) is 52.0 Å². The first-order valence-electron chi connectivity index (χ1n) is 15.3. The number of hydrogen-bond donors (Lipinski definition) is 1. The molecule has 11 nitrogen and oxygen atoms in total. The average Bonchev–Trinajstić information content (AvgIpc) is 3.41. The molecule has 2 saturated heterocycles. The van der Waals surface area contributed by atoms with Crippen molar-refractivity contribution >= 4 is 39.9 Å². The van der Waals surface area contributed by atoms with Gasteiger partial charge in [0.1, 0.15) is 23.7 Å². The van der Waals surface area contributed by atoms with Gasteiger partial charge < -0.3 is 29.2 Å². The molecule has 1 aromatic carbocycles. The molecule has 0 bridgehead atoms. The van der Waals surface area contributed by atoms with Gasteiger partial charge in [0.15, 0.2) is 17.7 Å². The molecule has 0 aliphatic carbocycles. The van der Waals surface area contributed by atoms with Gasteiger partial charge in [0.05, 0.1) is 40.4 Å². The van der Waals surface area contributed by atoms with Crippen molar-refractivity contribution in [1.82, 2.24) is 25.1 Å². The van der Waals surface area contributed by atoms with Crippen LogP contribution >= 0.6 is 23.2 Å². The highest BCUT2D eigenvalue weighted by atomic mass is 35.5. The van der Waals surface area contributed by atoms with Crippen molar-refractivity contribution in [1.29, 1.82) is 5.26 Å². The minimum Gasteiger partial charge on any atom is -0.493 e. The van der Waals surface area contributed by atoms with Gasteiger partial charge in [-0.15, -0.1) is 0 Å². The molecule has 3 aromatic heterocycles. The number of nitrogens with zero attached hydrogens (tertiary/aromatic N) is 6. The largest absolute Gasteiger partial charge is 0.493 e. The Hall–Kier alpha value is -3.66. The number of nitriles is 1. The molecule has 6 rings (SSSR count). The van der Waals surface area contributed by atoms with Gasteiger partial charge in [-0.2, -0.15) is 10.4 Å². The van der Waals surface area contributed by atoms with Crippen LogP contribution in [0.3, 0.4) is 0 Å². The molecule has 2 atom stereocenters. The summed E-state index contributed by atoms with van der Waals surface area (Å²) in [6, 6.07) is 8.03. The highest BCUT2D eigenvalue weighted by molar-refractivity contribution is 6.35. The topological polar surface area (TPSA) is 120 Å². The molecular formula is C33H37Cl2N7O4. The van der Waals surface area contributed by atoms with Crippen LogP contribution in [0.25, 0.3) is 22.2 Å². The summed E-state index contributed by atoms with van der Waals surface area (Å²) in [5.41, 5.74) is 3.23. The Labute approximate surface area is 278 Å². The third-order valence-corrected chi connectivity index (χ3v) is 9.12. The van der Waals surface area contributed by atoms with Crippen LogP contribution in [-0.4, -0.2) is 72.4 Å². The number of hydrogen-bond acceptors (Lipinski definition) is 10. The maximum atomic E-state index is 10.2. The van der Waals surface area contributed by atoms with E-state index in [1.807, 2.05) is 29.8 Å². The second kappa shape index (κ2) is 13.6. The first-order valence-corrected chi connectivity index (χ1v) is 16.1. The maximum absolute atomic E-state index is 10.2. The first kappa shape index (κ1) is 32.3. The molecule has 0 amide bonds. The molecule has 13 heteroatoms. The van der Waals surface area contributed by atoms with Gasteiger partial charge in [-0.1, -0.05) is 23.2 Å². The number of nitrogens with one attached hydrogen (secondary N) is 1. The van der Waals surface area contributed by atoms with E-state index in [-0.39, 0.29) is 11.8 Å². The standard InChI is InChI=1S/C33H37Cl2N7O4/c1-20(30-24(34)16-37-17-25(30)35)46-28-12-23-26(13-27(28)44-4)42(29-7-5-6-9-45-29)40-31(23)22-11-21(14-36)32(38-15-22)41-18-33(2,19-41)39-8-10-43-3/h11-13,15-17,20,29,39H,5-10,18-19H2,1-4H3/t20-,29?/m1/s1. The normalized spacial score (nSPS) is 18.2. The van der Waals surface area contributed by atoms with Gasteiger partial charge in [0.25, 0.3) is 0 Å². The van der Waals surface area contributed by atoms with E-state index in [0.29, 0.717) is 63.0 Å². The summed E-state index contributed by atoms with van der Waals surface area (Å²) in [6.07, 6.45) is 7.00. The van der Waals surface area contributed by atoms with E-state index in [0.717, 1.165) is 49.8 Å². The van der Waals surface area contributed by atoms with E-state index in [2.05, 4.69) is 28.2 Å². The van der Waals surface area contributed by atoms with E-state index in [4.69, 9.17) is 52.2 Å². The second-order valence-corrected chi connectivity index (χ2v) is 12.8. The lowest BCUT2D eigenvalue weighted by Crippen LogP contribution is -2.68. The van der Waals surface area contributed by atoms with Gasteiger partial charge in [0.2, 0.25) is 0 Å². The maximum Gasteiger partial charge on any atom is 0.162 e. The van der Waals surface area contributed by atoms with E-state index < -0.39 is 6.10 Å². The number of fused-ring (bicyclic) bond motifs is 1. The van der Waals surface area contributed by atoms with E-state index in [1.54, 1.807) is 20.4 Å². The van der Waals surface area contributed by atoms with Crippen molar-refractivity contribution < 1.29 is 18.9 Å². The summed E-state index contributed by atoms with van der Waals surface area (Å²) in [7, 11) is 3.29. The Kier molecular flexibility index (Phi) is 9.54. The molecule has 5 heterocycles. The SMILES string of the molecule is COCCNC1(C)CN(c2ncc(-c3nn(C4CCCCO4)c4cc(OC)c(O[C@H](C)c5c(Cl)cncc5Cl)cc34)cc2C#N)C1. The Morgan fingerprint density at radius 1 is 1.13 bits per heavy atom. The Balaban J connectivity index is 1.39. The number of methoxy groups -OCH3 is 2. The van der Waals surface area contributed by atoms with Crippen LogP contribution < -0.4 is 19.7 Å². The summed E-state index contributed by atoms with van der Waals surface area (Å²) < 4.78 is 25.5. The fourth-order valence-corrected chi connectivity index (χ4v) is 6.91. The molecule has 2 fully saturated rings. The van der Waals surface area contributed by atoms with Crippen LogP contribution in [0.15, 0.2) is 36.8 Å². The van der Waals surface area contributed by atoms with Crippen molar-refractivity contribution in [3.63, 3.8) is 0 Å². The lowest BCUT2D eigenvalue weighted by atomic mass is 9.91. The number of anilines is 1. The molecular weight excluding hydrogens is 629 g/mol. The minimum absolute atomic E-state index is 0.0715. The zero-order valence-electron chi connectivity index (χ0n) is 26.3. The predicted octanol–water partition coefficient (Wildman–Crippen LogP) is 6.33. The van der Waals surface area contributed by atoms with Crippen molar-refractivity contribution in [3.8, 4) is 28.8 Å². The number of aromatic nitrogens is 4. The average molecular weight is 667 g/mol. The van der Waals surface area contributed by atoms with Gasteiger partial charge in [-0.25, -0.2) is 9.67 Å². The molecule has 0 saturated carbocycles. The molecule has 1 unspecified atom stereocenters. The Morgan fingerprint density at radius 2 is 1.91 bits per heavy atom. The van der Waals surface area contributed by atoms with Crippen LogP contribution in [-0.2, 0) is 9.47 Å². The summed E-state index contributed by atoms with van der Waals surface area (Å²) >= 11 is 12.9. The zero-order valence-corrected chi connectivity index (χ0v) is 27.9. The summed E-state index contributed by atoms with van der Waals surface area (Å²) in [6.45, 7) is 7.56. The molecule has 1 N–H and O–H groups in total. The molecule has 2 aliphatic heterocycles. The second-order valence-electron chi connectivity index (χ2n) is 12.0. The van der Waals surface area contributed by atoms with Crippen molar-refractivity contribution in [2.24, 2.45) is 0 Å². The number of benzene rings is 1. The molecule has 2 aliphatic rings. The van der Waals surface area contributed by atoms with E-state index in [1.165, 1.54) is 12.4 Å². The summed E-state index contributed by atoms with van der Waals surface area (Å²) in [5.74, 6) is 1.67. The molecule has 242 valence electrons. The van der Waals surface area contributed by atoms with E-state index in [9.17, 15) is 5.26 Å². The quantitative estimate of drug-likeness (QED) is 0.182.